The third kappa shape index (κ3) is 5.19. The minimum atomic E-state index is -1.20. The smallest absolute Gasteiger partial charge is 0.238 e. The fourth-order valence-corrected chi connectivity index (χ4v) is 1.92. The Morgan fingerprint density at radius 3 is 2.63 bits per heavy atom. The first-order chi connectivity index (χ1) is 8.98. The van der Waals surface area contributed by atoms with Crippen molar-refractivity contribution in [2.45, 2.75) is 37.4 Å². The van der Waals surface area contributed by atoms with Crippen LogP contribution in [0.1, 0.15) is 25.3 Å². The highest BCUT2D eigenvalue weighted by molar-refractivity contribution is 6.34. The van der Waals surface area contributed by atoms with Crippen LogP contribution in [0.2, 0.25) is 0 Å². The van der Waals surface area contributed by atoms with Crippen molar-refractivity contribution in [1.29, 1.82) is 0 Å². The summed E-state index contributed by atoms with van der Waals surface area (Å²) in [6.45, 7) is 2.29. The average molecular weight is 286 g/mol. The summed E-state index contributed by atoms with van der Waals surface area (Å²) in [6, 6.07) is 9.64. The summed E-state index contributed by atoms with van der Waals surface area (Å²) < 4.78 is 5.39. The van der Waals surface area contributed by atoms with E-state index < -0.39 is 16.9 Å². The molecule has 0 aromatic heterocycles. The van der Waals surface area contributed by atoms with Crippen LogP contribution >= 0.6 is 11.6 Å². The van der Waals surface area contributed by atoms with Crippen molar-refractivity contribution in [3.63, 3.8) is 0 Å². The Hall–Kier alpha value is -1.10. The number of carbonyl (C=O) groups excluding carboxylic acids is 1. The molecule has 1 rings (SSSR count). The molecule has 106 valence electrons. The molecule has 0 radical (unpaired) electrons. The van der Waals surface area contributed by atoms with Gasteiger partial charge in [-0.25, -0.2) is 0 Å². The molecule has 1 aromatic rings. The van der Waals surface area contributed by atoms with Crippen molar-refractivity contribution in [2.24, 2.45) is 5.73 Å². The number of ether oxygens (including phenoxy) is 1. The lowest BCUT2D eigenvalue weighted by atomic mass is 9.97. The van der Waals surface area contributed by atoms with E-state index >= 15 is 0 Å². The van der Waals surface area contributed by atoms with Crippen LogP contribution in [0.4, 0.5) is 0 Å². The topological polar surface area (TPSA) is 72.6 Å². The molecule has 1 unspecified atom stereocenters. The molecule has 0 fully saturated rings. The Balaban J connectivity index is 2.35. The lowest BCUT2D eigenvalue weighted by Gasteiger charge is -2.24. The van der Waals surface area contributed by atoms with Crippen LogP contribution in [-0.4, -0.2) is 28.6 Å². The molecule has 0 bridgehead atoms. The Morgan fingerprint density at radius 2 is 2.11 bits per heavy atom. The summed E-state index contributed by atoms with van der Waals surface area (Å²) in [4.78, 5) is 10.0. The molecule has 0 spiro atoms. The highest BCUT2D eigenvalue weighted by Gasteiger charge is 2.34. The van der Waals surface area contributed by atoms with Crippen LogP contribution in [0.5, 0.6) is 0 Å². The largest absolute Gasteiger partial charge is 0.391 e. The monoisotopic (exact) mass is 285 g/mol. The number of hydrogen-bond donors (Lipinski definition) is 2. The molecule has 2 atom stereocenters. The second-order valence-corrected chi connectivity index (χ2v) is 5.27. The Labute approximate surface area is 118 Å². The fourth-order valence-electron chi connectivity index (χ4n) is 1.74. The first kappa shape index (κ1) is 16.0. The molecule has 1 aromatic carbocycles. The summed E-state index contributed by atoms with van der Waals surface area (Å²) in [5.41, 5.74) is 6.25. The van der Waals surface area contributed by atoms with Crippen LogP contribution in [0.3, 0.4) is 0 Å². The molecule has 19 heavy (non-hydrogen) atoms. The lowest BCUT2D eigenvalue weighted by molar-refractivity contribution is -0.121. The first-order valence-electron chi connectivity index (χ1n) is 6.26. The molecule has 1 amide bonds. The Kier molecular flexibility index (Phi) is 6.28. The third-order valence-electron chi connectivity index (χ3n) is 2.98. The number of hydrogen-bond acceptors (Lipinski definition) is 3. The standard InChI is InChI=1S/C14H20ClNO3/c1-2-14(15,13(16)18)8-12(17)10-19-9-11-6-4-3-5-7-11/h3-7,12,17H,2,8-10H2,1H3,(H2,16,18)/t12-,14?/m1/s1. The van der Waals surface area contributed by atoms with E-state index in [1.165, 1.54) is 0 Å². The van der Waals surface area contributed by atoms with Gasteiger partial charge in [-0.15, -0.1) is 11.6 Å². The predicted molar refractivity (Wildman–Crippen MR) is 74.8 cm³/mol. The second kappa shape index (κ2) is 7.48. The van der Waals surface area contributed by atoms with Crippen LogP contribution in [0.15, 0.2) is 30.3 Å². The number of aliphatic hydroxyl groups is 1. The summed E-state index contributed by atoms with van der Waals surface area (Å²) in [6.07, 6.45) is -0.344. The number of aliphatic hydroxyl groups excluding tert-OH is 1. The SMILES string of the molecule is CCC(Cl)(C[C@@H](O)COCc1ccccc1)C(N)=O. The van der Waals surface area contributed by atoms with E-state index in [1.54, 1.807) is 6.92 Å². The normalized spacial score (nSPS) is 15.7. The quantitative estimate of drug-likeness (QED) is 0.716. The predicted octanol–water partition coefficient (Wildman–Crippen LogP) is 1.83. The number of nitrogens with two attached hydrogens (primary N) is 1. The molecule has 5 heteroatoms. The third-order valence-corrected chi connectivity index (χ3v) is 3.59. The van der Waals surface area contributed by atoms with Gasteiger partial charge in [-0.3, -0.25) is 4.79 Å². The van der Waals surface area contributed by atoms with E-state index in [2.05, 4.69) is 0 Å². The molecule has 3 N–H and O–H groups in total. The zero-order valence-corrected chi connectivity index (χ0v) is 11.8. The molecule has 0 aliphatic rings. The maximum Gasteiger partial charge on any atom is 0.238 e. The van der Waals surface area contributed by atoms with Gasteiger partial charge in [0, 0.05) is 6.42 Å². The van der Waals surface area contributed by atoms with Gasteiger partial charge < -0.3 is 15.6 Å². The first-order valence-corrected chi connectivity index (χ1v) is 6.64. The summed E-state index contributed by atoms with van der Waals surface area (Å²) in [7, 11) is 0. The van der Waals surface area contributed by atoms with Gasteiger partial charge in [-0.1, -0.05) is 37.3 Å². The van der Waals surface area contributed by atoms with Gasteiger partial charge >= 0.3 is 0 Å². The van der Waals surface area contributed by atoms with Crippen molar-refractivity contribution >= 4 is 17.5 Å². The van der Waals surface area contributed by atoms with E-state index in [4.69, 9.17) is 22.1 Å². The molecular formula is C14H20ClNO3. The van der Waals surface area contributed by atoms with Gasteiger partial charge in [0.15, 0.2) is 0 Å². The molecule has 0 saturated carbocycles. The Bertz CT molecular complexity index is 399. The van der Waals surface area contributed by atoms with Crippen LogP contribution in [-0.2, 0) is 16.1 Å². The van der Waals surface area contributed by atoms with Gasteiger partial charge in [0.2, 0.25) is 5.91 Å². The molecule has 4 nitrogen and oxygen atoms in total. The van der Waals surface area contributed by atoms with Crippen LogP contribution in [0, 0.1) is 0 Å². The van der Waals surface area contributed by atoms with Crippen molar-refractivity contribution in [3.8, 4) is 0 Å². The highest BCUT2D eigenvalue weighted by atomic mass is 35.5. The molecule has 0 aliphatic carbocycles. The highest BCUT2D eigenvalue weighted by Crippen LogP contribution is 2.25. The summed E-state index contributed by atoms with van der Waals surface area (Å²) >= 11 is 6.06. The summed E-state index contributed by atoms with van der Waals surface area (Å²) in [5.74, 6) is -0.612. The second-order valence-electron chi connectivity index (χ2n) is 4.54. The average Bonchev–Trinajstić information content (AvgIpc) is 2.39. The molecule has 0 heterocycles. The van der Waals surface area contributed by atoms with Crippen molar-refractivity contribution < 1.29 is 14.6 Å². The zero-order chi connectivity index (χ0) is 14.3. The molecule has 0 aliphatic heterocycles. The van der Waals surface area contributed by atoms with Crippen LogP contribution < -0.4 is 5.73 Å². The number of primary amides is 1. The van der Waals surface area contributed by atoms with Crippen molar-refractivity contribution in [2.75, 3.05) is 6.61 Å². The number of rotatable bonds is 8. The summed E-state index contributed by atoms with van der Waals surface area (Å²) in [5, 5.41) is 9.83. The van der Waals surface area contributed by atoms with Gasteiger partial charge in [-0.05, 0) is 12.0 Å². The number of alkyl halides is 1. The number of halogens is 1. The maximum absolute atomic E-state index is 11.2. The maximum atomic E-state index is 11.2. The van der Waals surface area contributed by atoms with E-state index in [0.717, 1.165) is 5.56 Å². The van der Waals surface area contributed by atoms with Gasteiger partial charge in [0.05, 0.1) is 19.3 Å². The van der Waals surface area contributed by atoms with E-state index in [0.29, 0.717) is 13.0 Å². The van der Waals surface area contributed by atoms with E-state index in [1.807, 2.05) is 30.3 Å². The number of carbonyl (C=O) groups is 1. The fraction of sp³-hybridized carbons (Fsp3) is 0.500. The minimum Gasteiger partial charge on any atom is -0.391 e. The van der Waals surface area contributed by atoms with Crippen LogP contribution in [0.25, 0.3) is 0 Å². The van der Waals surface area contributed by atoms with Gasteiger partial charge in [-0.2, -0.15) is 0 Å². The van der Waals surface area contributed by atoms with Crippen molar-refractivity contribution in [1.82, 2.24) is 0 Å². The van der Waals surface area contributed by atoms with Gasteiger partial charge in [0.1, 0.15) is 4.87 Å². The number of amides is 1. The van der Waals surface area contributed by atoms with Gasteiger partial charge in [0.25, 0.3) is 0 Å². The number of benzene rings is 1. The van der Waals surface area contributed by atoms with E-state index in [9.17, 15) is 9.90 Å². The zero-order valence-electron chi connectivity index (χ0n) is 11.0. The van der Waals surface area contributed by atoms with Crippen molar-refractivity contribution in [3.05, 3.63) is 35.9 Å². The Morgan fingerprint density at radius 1 is 1.47 bits per heavy atom. The van der Waals surface area contributed by atoms with E-state index in [-0.39, 0.29) is 13.0 Å². The lowest BCUT2D eigenvalue weighted by Crippen LogP contribution is -2.41. The molecular weight excluding hydrogens is 266 g/mol. The molecule has 0 saturated heterocycles. The minimum absolute atomic E-state index is 0.0924.